The van der Waals surface area contributed by atoms with Crippen molar-refractivity contribution < 1.29 is 4.74 Å². The van der Waals surface area contributed by atoms with Crippen molar-refractivity contribution in [1.82, 2.24) is 4.90 Å². The van der Waals surface area contributed by atoms with Gasteiger partial charge in [-0.1, -0.05) is 12.1 Å². The first kappa shape index (κ1) is 13.4. The predicted molar refractivity (Wildman–Crippen MR) is 74.9 cm³/mol. The van der Waals surface area contributed by atoms with Gasteiger partial charge in [-0.15, -0.1) is 0 Å². The van der Waals surface area contributed by atoms with Crippen molar-refractivity contribution in [3.8, 4) is 5.75 Å². The van der Waals surface area contributed by atoms with E-state index < -0.39 is 0 Å². The van der Waals surface area contributed by atoms with E-state index >= 15 is 0 Å². The average Bonchev–Trinajstić information content (AvgIpc) is 2.86. The van der Waals surface area contributed by atoms with Crippen molar-refractivity contribution in [3.05, 3.63) is 29.8 Å². The van der Waals surface area contributed by atoms with Gasteiger partial charge in [0.25, 0.3) is 0 Å². The van der Waals surface area contributed by atoms with Crippen molar-refractivity contribution in [2.45, 2.75) is 25.8 Å². The summed E-state index contributed by atoms with van der Waals surface area (Å²) in [5, 5.41) is 0. The Balaban J connectivity index is 1.78. The fourth-order valence-corrected chi connectivity index (χ4v) is 2.57. The quantitative estimate of drug-likeness (QED) is 0.865. The Morgan fingerprint density at radius 1 is 1.39 bits per heavy atom. The van der Waals surface area contributed by atoms with Crippen LogP contribution in [0.3, 0.4) is 0 Å². The number of ether oxygens (including phenoxy) is 1. The molecule has 1 heterocycles. The Labute approximate surface area is 110 Å². The molecule has 0 aromatic heterocycles. The SMILES string of the molecule is COc1ccc(CCN2CCC(C(C)N)C2)cc1. The minimum atomic E-state index is 0.330. The van der Waals surface area contributed by atoms with Gasteiger partial charge in [-0.3, -0.25) is 0 Å². The van der Waals surface area contributed by atoms with E-state index in [1.54, 1.807) is 7.11 Å². The first-order valence-electron chi connectivity index (χ1n) is 6.80. The zero-order chi connectivity index (χ0) is 13.0. The lowest BCUT2D eigenvalue weighted by Gasteiger charge is -2.17. The zero-order valence-corrected chi connectivity index (χ0v) is 11.4. The van der Waals surface area contributed by atoms with Gasteiger partial charge >= 0.3 is 0 Å². The largest absolute Gasteiger partial charge is 0.497 e. The molecule has 1 aliphatic heterocycles. The second-order valence-electron chi connectivity index (χ2n) is 5.31. The summed E-state index contributed by atoms with van der Waals surface area (Å²) in [6.45, 7) is 5.61. The van der Waals surface area contributed by atoms with E-state index in [1.807, 2.05) is 12.1 Å². The molecule has 1 saturated heterocycles. The number of methoxy groups -OCH3 is 1. The van der Waals surface area contributed by atoms with Crippen LogP contribution in [-0.2, 0) is 6.42 Å². The van der Waals surface area contributed by atoms with Gasteiger partial charge in [0.2, 0.25) is 0 Å². The van der Waals surface area contributed by atoms with Crippen LogP contribution in [0, 0.1) is 5.92 Å². The van der Waals surface area contributed by atoms with E-state index in [0.29, 0.717) is 12.0 Å². The van der Waals surface area contributed by atoms with E-state index in [4.69, 9.17) is 10.5 Å². The lowest BCUT2D eigenvalue weighted by Crippen LogP contribution is -2.30. The smallest absolute Gasteiger partial charge is 0.118 e. The molecular formula is C15H24N2O. The summed E-state index contributed by atoms with van der Waals surface area (Å²) >= 11 is 0. The van der Waals surface area contributed by atoms with E-state index in [2.05, 4.69) is 24.0 Å². The van der Waals surface area contributed by atoms with Gasteiger partial charge in [0.05, 0.1) is 7.11 Å². The van der Waals surface area contributed by atoms with Crippen LogP contribution in [0.2, 0.25) is 0 Å². The standard InChI is InChI=1S/C15H24N2O/c1-12(16)14-8-10-17(11-14)9-7-13-3-5-15(18-2)6-4-13/h3-6,12,14H,7-11,16H2,1-2H3. The molecule has 3 heteroatoms. The zero-order valence-electron chi connectivity index (χ0n) is 11.4. The summed E-state index contributed by atoms with van der Waals surface area (Å²) in [7, 11) is 1.70. The molecule has 1 aliphatic rings. The maximum absolute atomic E-state index is 5.96. The summed E-state index contributed by atoms with van der Waals surface area (Å²) in [5.41, 5.74) is 7.33. The fraction of sp³-hybridized carbons (Fsp3) is 0.600. The van der Waals surface area contributed by atoms with Gasteiger partial charge in [-0.2, -0.15) is 0 Å². The summed E-state index contributed by atoms with van der Waals surface area (Å²) < 4.78 is 5.16. The molecule has 2 N–H and O–H groups in total. The van der Waals surface area contributed by atoms with Crippen molar-refractivity contribution in [3.63, 3.8) is 0 Å². The average molecular weight is 248 g/mol. The molecule has 0 spiro atoms. The molecule has 0 amide bonds. The number of hydrogen-bond donors (Lipinski definition) is 1. The molecule has 100 valence electrons. The van der Waals surface area contributed by atoms with Gasteiger partial charge in [-0.05, 0) is 49.9 Å². The summed E-state index contributed by atoms with van der Waals surface area (Å²) in [6.07, 6.45) is 2.36. The number of benzene rings is 1. The van der Waals surface area contributed by atoms with Crippen molar-refractivity contribution in [2.24, 2.45) is 11.7 Å². The third kappa shape index (κ3) is 3.47. The number of nitrogens with zero attached hydrogens (tertiary/aromatic N) is 1. The first-order chi connectivity index (χ1) is 8.69. The van der Waals surface area contributed by atoms with E-state index in [-0.39, 0.29) is 0 Å². The van der Waals surface area contributed by atoms with Gasteiger partial charge < -0.3 is 15.4 Å². The van der Waals surface area contributed by atoms with Crippen LogP contribution < -0.4 is 10.5 Å². The predicted octanol–water partition coefficient (Wildman–Crippen LogP) is 1.91. The number of hydrogen-bond acceptors (Lipinski definition) is 3. The highest BCUT2D eigenvalue weighted by atomic mass is 16.5. The van der Waals surface area contributed by atoms with Crippen LogP contribution >= 0.6 is 0 Å². The second-order valence-corrected chi connectivity index (χ2v) is 5.31. The molecular weight excluding hydrogens is 224 g/mol. The maximum Gasteiger partial charge on any atom is 0.118 e. The lowest BCUT2D eigenvalue weighted by atomic mass is 10.0. The molecule has 0 aliphatic carbocycles. The van der Waals surface area contributed by atoms with E-state index in [9.17, 15) is 0 Å². The Kier molecular flexibility index (Phi) is 4.61. The Morgan fingerprint density at radius 2 is 2.11 bits per heavy atom. The molecule has 18 heavy (non-hydrogen) atoms. The Hall–Kier alpha value is -1.06. The molecule has 2 rings (SSSR count). The molecule has 1 aromatic rings. The fourth-order valence-electron chi connectivity index (χ4n) is 2.57. The minimum Gasteiger partial charge on any atom is -0.497 e. The summed E-state index contributed by atoms with van der Waals surface area (Å²) in [5.74, 6) is 1.61. The third-order valence-electron chi connectivity index (χ3n) is 3.93. The maximum atomic E-state index is 5.96. The summed E-state index contributed by atoms with van der Waals surface area (Å²) in [6, 6.07) is 8.69. The van der Waals surface area contributed by atoms with Crippen LogP contribution in [0.15, 0.2) is 24.3 Å². The molecule has 2 unspecified atom stereocenters. The molecule has 0 saturated carbocycles. The van der Waals surface area contributed by atoms with Gasteiger partial charge in [0, 0.05) is 19.1 Å². The van der Waals surface area contributed by atoms with Crippen LogP contribution in [0.1, 0.15) is 18.9 Å². The first-order valence-corrected chi connectivity index (χ1v) is 6.80. The van der Waals surface area contributed by atoms with E-state index in [0.717, 1.165) is 25.3 Å². The van der Waals surface area contributed by atoms with Crippen LogP contribution in [0.4, 0.5) is 0 Å². The van der Waals surface area contributed by atoms with Gasteiger partial charge in [0.1, 0.15) is 5.75 Å². The van der Waals surface area contributed by atoms with Gasteiger partial charge in [0.15, 0.2) is 0 Å². The lowest BCUT2D eigenvalue weighted by molar-refractivity contribution is 0.319. The normalized spacial score (nSPS) is 22.1. The number of rotatable bonds is 5. The monoisotopic (exact) mass is 248 g/mol. The van der Waals surface area contributed by atoms with E-state index in [1.165, 1.54) is 18.5 Å². The summed E-state index contributed by atoms with van der Waals surface area (Å²) in [4.78, 5) is 2.53. The minimum absolute atomic E-state index is 0.330. The van der Waals surface area contributed by atoms with Gasteiger partial charge in [-0.25, -0.2) is 0 Å². The molecule has 1 fully saturated rings. The molecule has 3 nitrogen and oxygen atoms in total. The number of likely N-dealkylation sites (tertiary alicyclic amines) is 1. The molecule has 1 aromatic carbocycles. The number of nitrogens with two attached hydrogens (primary N) is 1. The van der Waals surface area contributed by atoms with Crippen LogP contribution in [0.5, 0.6) is 5.75 Å². The Bertz CT molecular complexity index is 361. The topological polar surface area (TPSA) is 38.5 Å². The highest BCUT2D eigenvalue weighted by Gasteiger charge is 2.24. The second kappa shape index (κ2) is 6.21. The highest BCUT2D eigenvalue weighted by molar-refractivity contribution is 5.27. The highest BCUT2D eigenvalue weighted by Crippen LogP contribution is 2.19. The van der Waals surface area contributed by atoms with Crippen LogP contribution in [-0.4, -0.2) is 37.7 Å². The Morgan fingerprint density at radius 3 is 2.67 bits per heavy atom. The molecule has 2 atom stereocenters. The van der Waals surface area contributed by atoms with Crippen molar-refractivity contribution >= 4 is 0 Å². The third-order valence-corrected chi connectivity index (χ3v) is 3.93. The van der Waals surface area contributed by atoms with Crippen molar-refractivity contribution in [2.75, 3.05) is 26.7 Å². The van der Waals surface area contributed by atoms with Crippen molar-refractivity contribution in [1.29, 1.82) is 0 Å². The molecule has 0 radical (unpaired) electrons. The van der Waals surface area contributed by atoms with Crippen LogP contribution in [0.25, 0.3) is 0 Å². The molecule has 0 bridgehead atoms.